The minimum atomic E-state index is -0.193. The molecule has 2 aliphatic rings. The Labute approximate surface area is 112 Å². The molecule has 1 aromatic carbocycles. The van der Waals surface area contributed by atoms with Crippen molar-refractivity contribution in [1.29, 1.82) is 0 Å². The minimum Gasteiger partial charge on any atom is -0.475 e. The Morgan fingerprint density at radius 1 is 1.32 bits per heavy atom. The summed E-state index contributed by atoms with van der Waals surface area (Å²) in [7, 11) is 0. The summed E-state index contributed by atoms with van der Waals surface area (Å²) in [5.41, 5.74) is 1.10. The summed E-state index contributed by atoms with van der Waals surface area (Å²) in [6.07, 6.45) is 3.26. The highest BCUT2D eigenvalue weighted by Gasteiger charge is 2.27. The molecule has 2 atom stereocenters. The lowest BCUT2D eigenvalue weighted by Gasteiger charge is -2.23. The van der Waals surface area contributed by atoms with Gasteiger partial charge < -0.3 is 10.1 Å². The van der Waals surface area contributed by atoms with E-state index >= 15 is 0 Å². The van der Waals surface area contributed by atoms with Gasteiger partial charge in [-0.25, -0.2) is 4.39 Å². The first kappa shape index (κ1) is 12.6. The first-order valence-electron chi connectivity index (χ1n) is 6.97. The van der Waals surface area contributed by atoms with Gasteiger partial charge in [-0.2, -0.15) is 0 Å². The molecular formula is C15H19FN2O. The molecule has 4 heteroatoms. The molecule has 0 amide bonds. The van der Waals surface area contributed by atoms with Crippen molar-refractivity contribution in [2.24, 2.45) is 10.9 Å². The number of nitrogens with zero attached hydrogens (tertiary/aromatic N) is 1. The van der Waals surface area contributed by atoms with Crippen molar-refractivity contribution in [3.63, 3.8) is 0 Å². The number of piperidine rings is 1. The molecule has 0 aromatic heterocycles. The highest BCUT2D eigenvalue weighted by atomic mass is 19.1. The Bertz CT molecular complexity index is 452. The maximum Gasteiger partial charge on any atom is 0.188 e. The van der Waals surface area contributed by atoms with Crippen LogP contribution in [0.3, 0.4) is 0 Å². The normalized spacial score (nSPS) is 26.9. The smallest absolute Gasteiger partial charge is 0.188 e. The molecule has 1 fully saturated rings. The van der Waals surface area contributed by atoms with Crippen molar-refractivity contribution in [3.8, 4) is 0 Å². The van der Waals surface area contributed by atoms with Crippen LogP contribution in [0.4, 0.5) is 4.39 Å². The maximum atomic E-state index is 12.8. The van der Waals surface area contributed by atoms with Gasteiger partial charge in [-0.3, -0.25) is 4.99 Å². The van der Waals surface area contributed by atoms with Crippen molar-refractivity contribution in [2.45, 2.75) is 25.4 Å². The molecule has 2 aliphatic heterocycles. The van der Waals surface area contributed by atoms with Crippen LogP contribution in [0.25, 0.3) is 0 Å². The summed E-state index contributed by atoms with van der Waals surface area (Å²) in [6.45, 7) is 2.80. The van der Waals surface area contributed by atoms with E-state index in [0.717, 1.165) is 43.9 Å². The van der Waals surface area contributed by atoms with Crippen LogP contribution in [0.2, 0.25) is 0 Å². The van der Waals surface area contributed by atoms with E-state index in [1.807, 2.05) is 12.1 Å². The lowest BCUT2D eigenvalue weighted by atomic mass is 10.00. The molecule has 2 unspecified atom stereocenters. The zero-order valence-electron chi connectivity index (χ0n) is 10.9. The molecule has 102 valence electrons. The monoisotopic (exact) mass is 262 g/mol. The topological polar surface area (TPSA) is 33.6 Å². The maximum absolute atomic E-state index is 12.8. The summed E-state index contributed by atoms with van der Waals surface area (Å²) in [4.78, 5) is 4.53. The molecule has 0 saturated carbocycles. The fourth-order valence-electron chi connectivity index (χ4n) is 2.71. The van der Waals surface area contributed by atoms with E-state index in [1.165, 1.54) is 18.6 Å². The molecule has 0 aliphatic carbocycles. The van der Waals surface area contributed by atoms with Gasteiger partial charge in [-0.05, 0) is 37.1 Å². The minimum absolute atomic E-state index is 0.113. The lowest BCUT2D eigenvalue weighted by Crippen LogP contribution is -2.35. The molecule has 3 rings (SSSR count). The average molecular weight is 262 g/mol. The van der Waals surface area contributed by atoms with Gasteiger partial charge in [0.25, 0.3) is 0 Å². The molecule has 1 N–H and O–H groups in total. The van der Waals surface area contributed by atoms with Crippen molar-refractivity contribution in [3.05, 3.63) is 35.6 Å². The number of aliphatic imine (C=N–C) groups is 1. The Balaban J connectivity index is 1.54. The first-order chi connectivity index (χ1) is 9.31. The largest absolute Gasteiger partial charge is 0.475 e. The third-order valence-electron chi connectivity index (χ3n) is 3.76. The summed E-state index contributed by atoms with van der Waals surface area (Å²) in [5.74, 6) is 1.16. The van der Waals surface area contributed by atoms with Crippen LogP contribution in [0.1, 0.15) is 18.4 Å². The molecule has 1 aromatic rings. The van der Waals surface area contributed by atoms with E-state index in [9.17, 15) is 4.39 Å². The number of ether oxygens (including phenoxy) is 1. The summed E-state index contributed by atoms with van der Waals surface area (Å²) in [6, 6.07) is 6.63. The molecule has 0 spiro atoms. The number of benzene rings is 1. The number of rotatable bonds is 3. The van der Waals surface area contributed by atoms with Crippen LogP contribution < -0.4 is 5.32 Å². The van der Waals surface area contributed by atoms with Crippen LogP contribution in [0, 0.1) is 11.7 Å². The van der Waals surface area contributed by atoms with Crippen molar-refractivity contribution in [2.75, 3.05) is 19.6 Å². The van der Waals surface area contributed by atoms with Crippen molar-refractivity contribution >= 4 is 5.90 Å². The zero-order valence-corrected chi connectivity index (χ0v) is 10.9. The molecule has 0 bridgehead atoms. The molecule has 19 heavy (non-hydrogen) atoms. The number of nitrogens with one attached hydrogen (secondary N) is 1. The second-order valence-corrected chi connectivity index (χ2v) is 5.29. The highest BCUT2D eigenvalue weighted by molar-refractivity contribution is 5.80. The van der Waals surface area contributed by atoms with Gasteiger partial charge in [-0.15, -0.1) is 0 Å². The Kier molecular flexibility index (Phi) is 3.78. The van der Waals surface area contributed by atoms with Crippen LogP contribution in [-0.4, -0.2) is 31.6 Å². The molecule has 1 saturated heterocycles. The van der Waals surface area contributed by atoms with E-state index in [1.54, 1.807) is 0 Å². The van der Waals surface area contributed by atoms with Crippen LogP contribution in [0.5, 0.6) is 0 Å². The van der Waals surface area contributed by atoms with Crippen molar-refractivity contribution in [1.82, 2.24) is 5.32 Å². The number of hydrogen-bond donors (Lipinski definition) is 1. The van der Waals surface area contributed by atoms with Crippen LogP contribution >= 0.6 is 0 Å². The number of hydrogen-bond acceptors (Lipinski definition) is 3. The van der Waals surface area contributed by atoms with E-state index in [0.29, 0.717) is 5.92 Å². The van der Waals surface area contributed by atoms with E-state index in [4.69, 9.17) is 4.74 Å². The predicted molar refractivity (Wildman–Crippen MR) is 72.9 cm³/mol. The van der Waals surface area contributed by atoms with Crippen LogP contribution in [-0.2, 0) is 11.2 Å². The molecular weight excluding hydrogens is 243 g/mol. The second kappa shape index (κ2) is 5.70. The van der Waals surface area contributed by atoms with E-state index in [2.05, 4.69) is 10.3 Å². The Morgan fingerprint density at radius 3 is 2.89 bits per heavy atom. The summed E-state index contributed by atoms with van der Waals surface area (Å²) >= 11 is 0. The predicted octanol–water partition coefficient (Wildman–Crippen LogP) is 2.17. The van der Waals surface area contributed by atoms with E-state index < -0.39 is 0 Å². The average Bonchev–Trinajstić information content (AvgIpc) is 2.91. The van der Waals surface area contributed by atoms with E-state index in [-0.39, 0.29) is 11.9 Å². The third-order valence-corrected chi connectivity index (χ3v) is 3.76. The van der Waals surface area contributed by atoms with Gasteiger partial charge in [-0.1, -0.05) is 12.1 Å². The SMILES string of the molecule is Fc1ccc(CC2CN=C(C3CCCNC3)O2)cc1. The third kappa shape index (κ3) is 3.13. The quantitative estimate of drug-likeness (QED) is 0.905. The Morgan fingerprint density at radius 2 is 2.16 bits per heavy atom. The summed E-state index contributed by atoms with van der Waals surface area (Å²) < 4.78 is 18.8. The molecule has 3 nitrogen and oxygen atoms in total. The lowest BCUT2D eigenvalue weighted by molar-refractivity contribution is 0.205. The Hall–Kier alpha value is -1.42. The number of halogens is 1. The van der Waals surface area contributed by atoms with Crippen LogP contribution in [0.15, 0.2) is 29.3 Å². The van der Waals surface area contributed by atoms with Gasteiger partial charge in [0, 0.05) is 18.9 Å². The second-order valence-electron chi connectivity index (χ2n) is 5.29. The van der Waals surface area contributed by atoms with Gasteiger partial charge in [0.1, 0.15) is 11.9 Å². The summed E-state index contributed by atoms with van der Waals surface area (Å²) in [5, 5.41) is 3.38. The van der Waals surface area contributed by atoms with Gasteiger partial charge in [0.2, 0.25) is 0 Å². The fourth-order valence-corrected chi connectivity index (χ4v) is 2.71. The van der Waals surface area contributed by atoms with Gasteiger partial charge >= 0.3 is 0 Å². The first-order valence-corrected chi connectivity index (χ1v) is 6.97. The standard InChI is InChI=1S/C15H19FN2O/c16-13-5-3-11(4-6-13)8-14-10-18-15(19-14)12-2-1-7-17-9-12/h3-6,12,14,17H,1-2,7-10H2. The molecule has 0 radical (unpaired) electrons. The van der Waals surface area contributed by atoms with Crippen molar-refractivity contribution < 1.29 is 9.13 Å². The van der Waals surface area contributed by atoms with Gasteiger partial charge in [0.15, 0.2) is 5.90 Å². The molecule has 2 heterocycles. The fraction of sp³-hybridized carbons (Fsp3) is 0.533. The van der Waals surface area contributed by atoms with Gasteiger partial charge in [0.05, 0.1) is 6.54 Å². The zero-order chi connectivity index (χ0) is 13.1. The highest BCUT2D eigenvalue weighted by Crippen LogP contribution is 2.20.